The van der Waals surface area contributed by atoms with Gasteiger partial charge in [0.05, 0.1) is 17.4 Å². The molecule has 0 spiro atoms. The number of carbonyl (C=O) groups is 1. The monoisotopic (exact) mass is 401 g/mol. The van der Waals surface area contributed by atoms with E-state index in [-0.39, 0.29) is 11.7 Å². The third kappa shape index (κ3) is 3.39. The predicted octanol–water partition coefficient (Wildman–Crippen LogP) is 3.50. The van der Waals surface area contributed by atoms with Crippen LogP contribution >= 0.6 is 0 Å². The number of amides is 1. The second kappa shape index (κ2) is 7.59. The molecule has 0 atom stereocenters. The number of benzene rings is 1. The predicted molar refractivity (Wildman–Crippen MR) is 113 cm³/mol. The first kappa shape index (κ1) is 18.3. The van der Waals surface area contributed by atoms with E-state index in [2.05, 4.69) is 21.0 Å². The summed E-state index contributed by atoms with van der Waals surface area (Å²) in [5.41, 5.74) is 4.66. The Balaban J connectivity index is 1.36. The maximum absolute atomic E-state index is 13.3. The molecule has 1 aromatic carbocycles. The highest BCUT2D eigenvalue weighted by molar-refractivity contribution is 5.94. The van der Waals surface area contributed by atoms with Crippen LogP contribution in [0.25, 0.3) is 16.6 Å². The normalized spacial score (nSPS) is 14.3. The van der Waals surface area contributed by atoms with E-state index in [0.29, 0.717) is 18.7 Å². The fourth-order valence-corrected chi connectivity index (χ4v) is 3.86. The van der Waals surface area contributed by atoms with Gasteiger partial charge in [0.2, 0.25) is 0 Å². The highest BCUT2D eigenvalue weighted by Crippen LogP contribution is 2.28. The number of aromatic nitrogens is 3. The summed E-state index contributed by atoms with van der Waals surface area (Å²) < 4.78 is 15.1. The van der Waals surface area contributed by atoms with Gasteiger partial charge >= 0.3 is 0 Å². The molecule has 1 saturated heterocycles. The van der Waals surface area contributed by atoms with Crippen molar-refractivity contribution in [2.75, 3.05) is 31.1 Å². The van der Waals surface area contributed by atoms with Gasteiger partial charge in [0.25, 0.3) is 5.91 Å². The number of halogens is 1. The van der Waals surface area contributed by atoms with Crippen LogP contribution in [0.2, 0.25) is 0 Å². The van der Waals surface area contributed by atoms with Crippen molar-refractivity contribution in [3.8, 4) is 11.1 Å². The molecule has 0 N–H and O–H groups in total. The largest absolute Gasteiger partial charge is 0.365 e. The number of hydrogen-bond donors (Lipinski definition) is 0. The third-order valence-electron chi connectivity index (χ3n) is 5.51. The summed E-state index contributed by atoms with van der Waals surface area (Å²) in [6, 6.07) is 14.0. The number of anilines is 1. The number of rotatable bonds is 3. The van der Waals surface area contributed by atoms with Gasteiger partial charge in [0.15, 0.2) is 0 Å². The Bertz CT molecular complexity index is 1180. The molecule has 1 fully saturated rings. The van der Waals surface area contributed by atoms with E-state index >= 15 is 0 Å². The second-order valence-electron chi connectivity index (χ2n) is 7.30. The van der Waals surface area contributed by atoms with Crippen molar-refractivity contribution in [3.63, 3.8) is 0 Å². The summed E-state index contributed by atoms with van der Waals surface area (Å²) in [6.07, 6.45) is 7.06. The Hall–Kier alpha value is -3.74. The first-order valence-electron chi connectivity index (χ1n) is 9.87. The zero-order valence-electron chi connectivity index (χ0n) is 16.3. The Morgan fingerprint density at radius 1 is 0.900 bits per heavy atom. The van der Waals surface area contributed by atoms with Crippen LogP contribution in [-0.4, -0.2) is 51.6 Å². The van der Waals surface area contributed by atoms with Crippen LogP contribution in [-0.2, 0) is 0 Å². The molecule has 0 bridgehead atoms. The van der Waals surface area contributed by atoms with Crippen molar-refractivity contribution >= 4 is 17.1 Å². The number of fused-ring (bicyclic) bond motifs is 1. The van der Waals surface area contributed by atoms with Crippen molar-refractivity contribution in [1.29, 1.82) is 0 Å². The first-order chi connectivity index (χ1) is 14.7. The first-order valence-corrected chi connectivity index (χ1v) is 9.87. The Kier molecular flexibility index (Phi) is 4.63. The number of hydrogen-bond acceptors (Lipinski definition) is 4. The molecule has 4 heterocycles. The lowest BCUT2D eigenvalue weighted by Gasteiger charge is -2.35. The molecule has 1 amide bonds. The van der Waals surface area contributed by atoms with Crippen LogP contribution in [0.15, 0.2) is 73.3 Å². The van der Waals surface area contributed by atoms with Crippen LogP contribution in [0, 0.1) is 5.82 Å². The van der Waals surface area contributed by atoms with Crippen LogP contribution in [0.5, 0.6) is 0 Å². The number of pyridine rings is 2. The van der Waals surface area contributed by atoms with Gasteiger partial charge in [0.1, 0.15) is 5.82 Å². The van der Waals surface area contributed by atoms with Crippen LogP contribution in [0.3, 0.4) is 0 Å². The van der Waals surface area contributed by atoms with Gasteiger partial charge in [-0.3, -0.25) is 9.78 Å². The molecular formula is C23H20FN5O. The van der Waals surface area contributed by atoms with Crippen LogP contribution in [0.1, 0.15) is 10.4 Å². The SMILES string of the molecule is O=C(c1ccncc1)N1CCN(c2cnn3ccc(-c4ccc(F)cc4)cc23)CC1. The fraction of sp³-hybridized carbons (Fsp3) is 0.174. The van der Waals surface area contributed by atoms with E-state index in [4.69, 9.17) is 0 Å². The molecular weight excluding hydrogens is 381 g/mol. The van der Waals surface area contributed by atoms with Gasteiger partial charge in [-0.15, -0.1) is 0 Å². The molecule has 3 aromatic heterocycles. The lowest BCUT2D eigenvalue weighted by Crippen LogP contribution is -2.48. The van der Waals surface area contributed by atoms with E-state index in [9.17, 15) is 9.18 Å². The molecule has 1 aliphatic rings. The van der Waals surface area contributed by atoms with E-state index in [1.807, 2.05) is 27.9 Å². The molecule has 30 heavy (non-hydrogen) atoms. The molecule has 4 aromatic rings. The summed E-state index contributed by atoms with van der Waals surface area (Å²) in [7, 11) is 0. The summed E-state index contributed by atoms with van der Waals surface area (Å²) in [6.45, 7) is 2.77. The molecule has 6 nitrogen and oxygen atoms in total. The summed E-state index contributed by atoms with van der Waals surface area (Å²) in [5.74, 6) is -0.209. The standard InChI is InChI=1S/C23H20FN5O/c24-20-3-1-17(2-4-20)19-7-10-29-21(15-19)22(16-26-29)27-11-13-28(14-12-27)23(30)18-5-8-25-9-6-18/h1-10,15-16H,11-14H2. The number of nitrogens with zero attached hydrogens (tertiary/aromatic N) is 5. The van der Waals surface area contributed by atoms with Crippen molar-refractivity contribution in [3.05, 3.63) is 84.7 Å². The Morgan fingerprint density at radius 2 is 1.63 bits per heavy atom. The molecule has 0 unspecified atom stereocenters. The van der Waals surface area contributed by atoms with Gasteiger partial charge in [-0.1, -0.05) is 12.1 Å². The maximum atomic E-state index is 13.3. The van der Waals surface area contributed by atoms with E-state index in [1.165, 1.54) is 12.1 Å². The van der Waals surface area contributed by atoms with E-state index in [1.54, 1.807) is 36.7 Å². The van der Waals surface area contributed by atoms with Crippen LogP contribution in [0.4, 0.5) is 10.1 Å². The minimum atomic E-state index is -0.246. The summed E-state index contributed by atoms with van der Waals surface area (Å²) in [5, 5.41) is 4.47. The smallest absolute Gasteiger partial charge is 0.254 e. The highest BCUT2D eigenvalue weighted by atomic mass is 19.1. The topological polar surface area (TPSA) is 53.7 Å². The molecule has 0 radical (unpaired) electrons. The second-order valence-corrected chi connectivity index (χ2v) is 7.30. The Labute approximate surface area is 173 Å². The molecule has 0 saturated carbocycles. The van der Waals surface area contributed by atoms with Gasteiger partial charge < -0.3 is 9.80 Å². The number of piperazine rings is 1. The maximum Gasteiger partial charge on any atom is 0.254 e. The van der Waals surface area contributed by atoms with Crippen molar-refractivity contribution in [1.82, 2.24) is 19.5 Å². The minimum Gasteiger partial charge on any atom is -0.365 e. The van der Waals surface area contributed by atoms with Gasteiger partial charge in [0, 0.05) is 50.3 Å². The average Bonchev–Trinajstić information content (AvgIpc) is 3.23. The molecule has 7 heteroatoms. The molecule has 1 aliphatic heterocycles. The molecule has 5 rings (SSSR count). The zero-order valence-corrected chi connectivity index (χ0v) is 16.3. The van der Waals surface area contributed by atoms with Gasteiger partial charge in [-0.2, -0.15) is 5.10 Å². The van der Waals surface area contributed by atoms with E-state index in [0.717, 1.165) is 35.4 Å². The minimum absolute atomic E-state index is 0.0375. The Morgan fingerprint density at radius 3 is 2.37 bits per heavy atom. The van der Waals surface area contributed by atoms with Crippen molar-refractivity contribution in [2.24, 2.45) is 0 Å². The lowest BCUT2D eigenvalue weighted by molar-refractivity contribution is 0.0747. The average molecular weight is 401 g/mol. The summed E-state index contributed by atoms with van der Waals surface area (Å²) in [4.78, 5) is 20.8. The quantitative estimate of drug-likeness (QED) is 0.527. The summed E-state index contributed by atoms with van der Waals surface area (Å²) >= 11 is 0. The highest BCUT2D eigenvalue weighted by Gasteiger charge is 2.24. The third-order valence-corrected chi connectivity index (χ3v) is 5.51. The van der Waals surface area contributed by atoms with E-state index < -0.39 is 0 Å². The van der Waals surface area contributed by atoms with Crippen molar-refractivity contribution in [2.45, 2.75) is 0 Å². The molecule has 150 valence electrons. The fourth-order valence-electron chi connectivity index (χ4n) is 3.86. The van der Waals surface area contributed by atoms with Crippen LogP contribution < -0.4 is 4.90 Å². The van der Waals surface area contributed by atoms with Crippen molar-refractivity contribution < 1.29 is 9.18 Å². The zero-order chi connectivity index (χ0) is 20.5. The number of carbonyl (C=O) groups excluding carboxylic acids is 1. The van der Waals surface area contributed by atoms with Gasteiger partial charge in [-0.25, -0.2) is 8.91 Å². The lowest BCUT2D eigenvalue weighted by atomic mass is 10.1. The molecule has 0 aliphatic carbocycles. The van der Waals surface area contributed by atoms with Gasteiger partial charge in [-0.05, 0) is 47.5 Å².